The Hall–Kier alpha value is -1.09. The predicted molar refractivity (Wildman–Crippen MR) is 62.7 cm³/mol. The van der Waals surface area contributed by atoms with Gasteiger partial charge in [-0.2, -0.15) is 0 Å². The van der Waals surface area contributed by atoms with E-state index in [-0.39, 0.29) is 24.2 Å². The van der Waals surface area contributed by atoms with Gasteiger partial charge in [-0.05, 0) is 12.1 Å². The third-order valence-corrected chi connectivity index (χ3v) is 2.68. The average molecular weight is 244 g/mol. The summed E-state index contributed by atoms with van der Waals surface area (Å²) < 4.78 is 13.5. The number of nitrogens with zero attached hydrogens (tertiary/aromatic N) is 1. The van der Waals surface area contributed by atoms with Crippen molar-refractivity contribution in [3.05, 3.63) is 34.6 Å². The van der Waals surface area contributed by atoms with Gasteiger partial charge < -0.3 is 4.90 Å². The van der Waals surface area contributed by atoms with Crippen LogP contribution in [0.3, 0.4) is 0 Å². The number of carbonyl (C=O) groups excluding carboxylic acids is 1. The van der Waals surface area contributed by atoms with Gasteiger partial charge in [-0.25, -0.2) is 4.39 Å². The number of amides is 1. The van der Waals surface area contributed by atoms with Gasteiger partial charge in [0.05, 0.1) is 0 Å². The number of hydrogen-bond donors (Lipinski definition) is 0. The smallest absolute Gasteiger partial charge is 0.225 e. The van der Waals surface area contributed by atoms with E-state index < -0.39 is 0 Å². The molecule has 0 atom stereocenters. The first-order chi connectivity index (χ1) is 7.43. The monoisotopic (exact) mass is 243 g/mol. The van der Waals surface area contributed by atoms with Crippen LogP contribution in [0.1, 0.15) is 19.4 Å². The molecule has 0 bridgehead atoms. The molecular weight excluding hydrogens is 229 g/mol. The molecule has 0 aliphatic heterocycles. The molecule has 0 spiro atoms. The third kappa shape index (κ3) is 2.95. The lowest BCUT2D eigenvalue weighted by Crippen LogP contribution is -2.30. The molecule has 0 saturated carbocycles. The number of carbonyl (C=O) groups is 1. The second-order valence-electron chi connectivity index (χ2n) is 4.05. The molecule has 0 N–H and O–H groups in total. The average Bonchev–Trinajstić information content (AvgIpc) is 2.22. The summed E-state index contributed by atoms with van der Waals surface area (Å²) in [5, 5.41) is 0.350. The van der Waals surface area contributed by atoms with Gasteiger partial charge in [-0.15, -0.1) is 0 Å². The molecule has 1 amide bonds. The Morgan fingerprint density at radius 3 is 2.62 bits per heavy atom. The SMILES string of the molecule is CC(C)C(=O)N(C)Cc1c(F)cccc1Cl. The van der Waals surface area contributed by atoms with Crippen LogP contribution >= 0.6 is 11.6 Å². The summed E-state index contributed by atoms with van der Waals surface area (Å²) in [5.74, 6) is -0.509. The zero-order chi connectivity index (χ0) is 12.3. The Balaban J connectivity index is 2.85. The van der Waals surface area contributed by atoms with E-state index in [1.54, 1.807) is 19.2 Å². The highest BCUT2D eigenvalue weighted by atomic mass is 35.5. The Morgan fingerprint density at radius 1 is 1.50 bits per heavy atom. The summed E-state index contributed by atoms with van der Waals surface area (Å²) >= 11 is 5.88. The van der Waals surface area contributed by atoms with Gasteiger partial charge >= 0.3 is 0 Å². The molecule has 0 heterocycles. The normalized spacial score (nSPS) is 10.6. The summed E-state index contributed by atoms with van der Waals surface area (Å²) in [6.07, 6.45) is 0. The maximum absolute atomic E-state index is 13.5. The molecular formula is C12H15ClFNO. The Kier molecular flexibility index (Phi) is 4.30. The van der Waals surface area contributed by atoms with Crippen molar-refractivity contribution in [2.45, 2.75) is 20.4 Å². The van der Waals surface area contributed by atoms with Gasteiger partial charge in [0.25, 0.3) is 0 Å². The van der Waals surface area contributed by atoms with Crippen LogP contribution < -0.4 is 0 Å². The van der Waals surface area contributed by atoms with Crippen molar-refractivity contribution in [3.63, 3.8) is 0 Å². The van der Waals surface area contributed by atoms with Crippen molar-refractivity contribution in [2.24, 2.45) is 5.92 Å². The van der Waals surface area contributed by atoms with Crippen molar-refractivity contribution in [3.8, 4) is 0 Å². The first kappa shape index (κ1) is 13.0. The number of benzene rings is 1. The number of rotatable bonds is 3. The quantitative estimate of drug-likeness (QED) is 0.799. The molecule has 0 fully saturated rings. The van der Waals surface area contributed by atoms with E-state index in [2.05, 4.69) is 0 Å². The molecule has 1 rings (SSSR count). The second kappa shape index (κ2) is 5.30. The fraction of sp³-hybridized carbons (Fsp3) is 0.417. The molecule has 1 aromatic carbocycles. The van der Waals surface area contributed by atoms with Gasteiger partial charge in [-0.3, -0.25) is 4.79 Å². The Bertz CT molecular complexity index is 372. The summed E-state index contributed by atoms with van der Waals surface area (Å²) in [6, 6.07) is 4.51. The zero-order valence-electron chi connectivity index (χ0n) is 9.63. The first-order valence-corrected chi connectivity index (χ1v) is 5.49. The maximum Gasteiger partial charge on any atom is 0.225 e. The Labute approximate surface area is 100 Å². The highest BCUT2D eigenvalue weighted by molar-refractivity contribution is 6.31. The standard InChI is InChI=1S/C12H15ClFNO/c1-8(2)12(16)15(3)7-9-10(13)5-4-6-11(9)14/h4-6,8H,7H2,1-3H3. The van der Waals surface area contributed by atoms with E-state index in [0.29, 0.717) is 10.6 Å². The van der Waals surface area contributed by atoms with E-state index in [0.717, 1.165) is 0 Å². The van der Waals surface area contributed by atoms with Crippen LogP contribution in [0.4, 0.5) is 4.39 Å². The molecule has 0 aliphatic carbocycles. The molecule has 0 aliphatic rings. The lowest BCUT2D eigenvalue weighted by Gasteiger charge is -2.20. The van der Waals surface area contributed by atoms with Crippen molar-refractivity contribution in [1.29, 1.82) is 0 Å². The van der Waals surface area contributed by atoms with Gasteiger partial charge in [0.15, 0.2) is 0 Å². The fourth-order valence-corrected chi connectivity index (χ4v) is 1.66. The van der Waals surface area contributed by atoms with Crippen LogP contribution in [0.15, 0.2) is 18.2 Å². The summed E-state index contributed by atoms with van der Waals surface area (Å²) in [7, 11) is 1.64. The Morgan fingerprint density at radius 2 is 2.12 bits per heavy atom. The minimum absolute atomic E-state index is 0.0284. The highest BCUT2D eigenvalue weighted by Crippen LogP contribution is 2.20. The van der Waals surface area contributed by atoms with Crippen LogP contribution in [-0.4, -0.2) is 17.9 Å². The van der Waals surface area contributed by atoms with E-state index in [9.17, 15) is 9.18 Å². The van der Waals surface area contributed by atoms with Gasteiger partial charge in [-0.1, -0.05) is 31.5 Å². The third-order valence-electron chi connectivity index (χ3n) is 2.33. The van der Waals surface area contributed by atoms with Crippen LogP contribution in [0.5, 0.6) is 0 Å². The van der Waals surface area contributed by atoms with Crippen LogP contribution in [-0.2, 0) is 11.3 Å². The van der Waals surface area contributed by atoms with Crippen molar-refractivity contribution in [1.82, 2.24) is 4.90 Å². The largest absolute Gasteiger partial charge is 0.341 e. The molecule has 0 aromatic heterocycles. The molecule has 0 unspecified atom stereocenters. The van der Waals surface area contributed by atoms with E-state index in [1.165, 1.54) is 11.0 Å². The summed E-state index contributed by atoms with van der Waals surface area (Å²) in [6.45, 7) is 3.81. The van der Waals surface area contributed by atoms with Gasteiger partial charge in [0, 0.05) is 30.1 Å². The molecule has 0 radical (unpaired) electrons. The molecule has 2 nitrogen and oxygen atoms in total. The van der Waals surface area contributed by atoms with Gasteiger partial charge in [0.2, 0.25) is 5.91 Å². The van der Waals surface area contributed by atoms with Crippen LogP contribution in [0.25, 0.3) is 0 Å². The van der Waals surface area contributed by atoms with E-state index in [1.807, 2.05) is 13.8 Å². The topological polar surface area (TPSA) is 20.3 Å². The first-order valence-electron chi connectivity index (χ1n) is 5.11. The van der Waals surface area contributed by atoms with E-state index in [4.69, 9.17) is 11.6 Å². The predicted octanol–water partition coefficient (Wildman–Crippen LogP) is 3.09. The van der Waals surface area contributed by atoms with E-state index >= 15 is 0 Å². The number of hydrogen-bond acceptors (Lipinski definition) is 1. The van der Waals surface area contributed by atoms with Crippen molar-refractivity contribution >= 4 is 17.5 Å². The maximum atomic E-state index is 13.5. The molecule has 16 heavy (non-hydrogen) atoms. The minimum atomic E-state index is -0.379. The molecule has 88 valence electrons. The zero-order valence-corrected chi connectivity index (χ0v) is 10.4. The number of halogens is 2. The van der Waals surface area contributed by atoms with Crippen LogP contribution in [0, 0.1) is 11.7 Å². The lowest BCUT2D eigenvalue weighted by molar-refractivity contribution is -0.133. The van der Waals surface area contributed by atoms with Crippen LogP contribution in [0.2, 0.25) is 5.02 Å². The summed E-state index contributed by atoms with van der Waals surface area (Å²) in [4.78, 5) is 13.1. The van der Waals surface area contributed by atoms with Gasteiger partial charge in [0.1, 0.15) is 5.82 Å². The second-order valence-corrected chi connectivity index (χ2v) is 4.46. The van der Waals surface area contributed by atoms with Crippen molar-refractivity contribution < 1.29 is 9.18 Å². The molecule has 0 saturated heterocycles. The highest BCUT2D eigenvalue weighted by Gasteiger charge is 2.16. The lowest BCUT2D eigenvalue weighted by atomic mass is 10.1. The molecule has 4 heteroatoms. The molecule has 1 aromatic rings. The van der Waals surface area contributed by atoms with Crippen molar-refractivity contribution in [2.75, 3.05) is 7.05 Å². The summed E-state index contributed by atoms with van der Waals surface area (Å²) in [5.41, 5.74) is 0.362. The fourth-order valence-electron chi connectivity index (χ4n) is 1.44. The minimum Gasteiger partial charge on any atom is -0.341 e.